The first-order chi connectivity index (χ1) is 11.7. The van der Waals surface area contributed by atoms with Crippen LogP contribution >= 0.6 is 23.6 Å². The van der Waals surface area contributed by atoms with E-state index >= 15 is 0 Å². The first-order valence-electron chi connectivity index (χ1n) is 7.86. The van der Waals surface area contributed by atoms with Crippen molar-refractivity contribution in [2.75, 3.05) is 21.2 Å². The average molecular weight is 388 g/mol. The molecule has 0 aliphatic carbocycles. The minimum absolute atomic E-state index is 0.0250. The number of thiocarbonyl (C=S) groups is 1. The van der Waals surface area contributed by atoms with E-state index in [1.165, 1.54) is 25.4 Å². The number of thiazole rings is 1. The lowest BCUT2D eigenvalue weighted by Crippen LogP contribution is -2.40. The van der Waals surface area contributed by atoms with Crippen molar-refractivity contribution in [2.45, 2.75) is 39.3 Å². The standard InChI is InChI=1S/C16H25N3O4S2/c1-9(2)12(19(5)10(3)20)7-13(23-16(24)17-4)14-18-11(8-25-14)15(21)22-6/h8-9,12-13H,7H2,1-6H3,(H,17,24)/t12-,13-/m1/s1. The molecule has 0 aromatic carbocycles. The van der Waals surface area contributed by atoms with E-state index in [1.54, 1.807) is 24.4 Å². The molecule has 1 aromatic heterocycles. The van der Waals surface area contributed by atoms with E-state index in [9.17, 15) is 9.59 Å². The van der Waals surface area contributed by atoms with Crippen LogP contribution in [-0.2, 0) is 14.3 Å². The third-order valence-electron chi connectivity index (χ3n) is 3.86. The highest BCUT2D eigenvalue weighted by Gasteiger charge is 2.29. The second-order valence-electron chi connectivity index (χ2n) is 5.88. The molecule has 9 heteroatoms. The molecule has 1 aromatic rings. The Bertz CT molecular complexity index is 618. The van der Waals surface area contributed by atoms with Crippen LogP contribution in [0.4, 0.5) is 0 Å². The number of methoxy groups -OCH3 is 1. The van der Waals surface area contributed by atoms with E-state index in [4.69, 9.17) is 21.7 Å². The molecule has 0 aliphatic rings. The summed E-state index contributed by atoms with van der Waals surface area (Å²) in [6.45, 7) is 5.61. The van der Waals surface area contributed by atoms with Gasteiger partial charge in [0, 0.05) is 38.9 Å². The molecule has 7 nitrogen and oxygen atoms in total. The van der Waals surface area contributed by atoms with Crippen LogP contribution < -0.4 is 5.32 Å². The van der Waals surface area contributed by atoms with Crippen molar-refractivity contribution in [3.05, 3.63) is 16.1 Å². The third-order valence-corrected chi connectivity index (χ3v) is 5.10. The zero-order chi connectivity index (χ0) is 19.1. The fourth-order valence-electron chi connectivity index (χ4n) is 2.35. The van der Waals surface area contributed by atoms with E-state index < -0.39 is 12.1 Å². The first-order valence-corrected chi connectivity index (χ1v) is 9.15. The molecule has 2 atom stereocenters. The van der Waals surface area contributed by atoms with Crippen molar-refractivity contribution < 1.29 is 19.1 Å². The Labute approximate surface area is 157 Å². The number of amides is 1. The Morgan fingerprint density at radius 1 is 1.44 bits per heavy atom. The molecule has 0 spiro atoms. The SMILES string of the molecule is CNC(=S)O[C@H](C[C@H](C(C)C)N(C)C(C)=O)c1nc(C(=O)OC)cs1. The number of rotatable bonds is 7. The average Bonchev–Trinajstić information content (AvgIpc) is 3.06. The highest BCUT2D eigenvalue weighted by Crippen LogP contribution is 2.30. The minimum atomic E-state index is -0.501. The van der Waals surface area contributed by atoms with Crippen molar-refractivity contribution in [2.24, 2.45) is 5.92 Å². The van der Waals surface area contributed by atoms with Crippen molar-refractivity contribution in [1.29, 1.82) is 0 Å². The number of nitrogens with one attached hydrogen (secondary N) is 1. The van der Waals surface area contributed by atoms with Gasteiger partial charge in [0.1, 0.15) is 5.01 Å². The summed E-state index contributed by atoms with van der Waals surface area (Å²) in [5, 5.41) is 5.24. The maximum Gasteiger partial charge on any atom is 0.357 e. The number of hydrogen-bond acceptors (Lipinski definition) is 7. The Balaban J connectivity index is 3.10. The molecule has 0 aliphatic heterocycles. The van der Waals surface area contributed by atoms with Gasteiger partial charge in [0.2, 0.25) is 5.91 Å². The quantitative estimate of drug-likeness (QED) is 0.568. The molecular formula is C16H25N3O4S2. The van der Waals surface area contributed by atoms with Gasteiger partial charge in [-0.05, 0) is 18.1 Å². The summed E-state index contributed by atoms with van der Waals surface area (Å²) in [6, 6.07) is -0.0624. The smallest absolute Gasteiger partial charge is 0.357 e. The summed E-state index contributed by atoms with van der Waals surface area (Å²) >= 11 is 6.42. The third kappa shape index (κ3) is 5.93. The van der Waals surface area contributed by atoms with E-state index in [1.807, 2.05) is 13.8 Å². The Kier molecular flexibility index (Phi) is 8.24. The van der Waals surface area contributed by atoms with Crippen LogP contribution in [0.1, 0.15) is 48.8 Å². The summed E-state index contributed by atoms with van der Waals surface area (Å²) in [7, 11) is 4.74. The van der Waals surface area contributed by atoms with Crippen molar-refractivity contribution >= 4 is 40.6 Å². The molecular weight excluding hydrogens is 362 g/mol. The van der Waals surface area contributed by atoms with Gasteiger partial charge in [-0.2, -0.15) is 0 Å². The second-order valence-corrected chi connectivity index (χ2v) is 7.14. The van der Waals surface area contributed by atoms with Crippen LogP contribution in [0.25, 0.3) is 0 Å². The highest BCUT2D eigenvalue weighted by atomic mass is 32.1. The second kappa shape index (κ2) is 9.67. The molecule has 0 saturated heterocycles. The van der Waals surface area contributed by atoms with E-state index in [-0.39, 0.29) is 28.7 Å². The summed E-state index contributed by atoms with van der Waals surface area (Å²) in [5.41, 5.74) is 0.229. The zero-order valence-electron chi connectivity index (χ0n) is 15.4. The van der Waals surface area contributed by atoms with Crippen molar-refractivity contribution in [3.63, 3.8) is 0 Å². The van der Waals surface area contributed by atoms with Crippen LogP contribution in [0, 0.1) is 5.92 Å². The highest BCUT2D eigenvalue weighted by molar-refractivity contribution is 7.80. The van der Waals surface area contributed by atoms with E-state index in [2.05, 4.69) is 10.3 Å². The van der Waals surface area contributed by atoms with E-state index in [0.29, 0.717) is 11.4 Å². The Morgan fingerprint density at radius 3 is 2.56 bits per heavy atom. The Hall–Kier alpha value is -1.74. The normalized spacial score (nSPS) is 13.1. The number of hydrogen-bond donors (Lipinski definition) is 1. The van der Waals surface area contributed by atoms with Crippen LogP contribution in [0.2, 0.25) is 0 Å². The number of esters is 1. The zero-order valence-corrected chi connectivity index (χ0v) is 17.0. The molecule has 1 rings (SSSR count). The van der Waals surface area contributed by atoms with Crippen LogP contribution in [0.3, 0.4) is 0 Å². The lowest BCUT2D eigenvalue weighted by atomic mass is 9.96. The first kappa shape index (κ1) is 21.3. The van der Waals surface area contributed by atoms with Gasteiger partial charge in [0.15, 0.2) is 11.8 Å². The minimum Gasteiger partial charge on any atom is -0.464 e. The Morgan fingerprint density at radius 2 is 2.08 bits per heavy atom. The lowest BCUT2D eigenvalue weighted by Gasteiger charge is -2.33. The van der Waals surface area contributed by atoms with Crippen LogP contribution in [-0.4, -0.2) is 54.2 Å². The maximum absolute atomic E-state index is 11.8. The summed E-state index contributed by atoms with van der Waals surface area (Å²) < 4.78 is 10.5. The number of nitrogens with zero attached hydrogens (tertiary/aromatic N) is 2. The molecule has 0 saturated carbocycles. The molecule has 1 amide bonds. The number of aromatic nitrogens is 1. The number of carbonyl (C=O) groups is 2. The monoisotopic (exact) mass is 387 g/mol. The molecule has 1 heterocycles. The summed E-state index contributed by atoms with van der Waals surface area (Å²) in [5.74, 6) is -0.315. The van der Waals surface area contributed by atoms with Gasteiger partial charge in [-0.3, -0.25) is 4.79 Å². The van der Waals surface area contributed by atoms with Gasteiger partial charge in [0.05, 0.1) is 7.11 Å². The topological polar surface area (TPSA) is 80.8 Å². The molecule has 0 bridgehead atoms. The van der Waals surface area contributed by atoms with Crippen LogP contribution in [0.15, 0.2) is 5.38 Å². The molecule has 140 valence electrons. The predicted octanol–water partition coefficient (Wildman–Crippen LogP) is 2.38. The van der Waals surface area contributed by atoms with Gasteiger partial charge in [-0.25, -0.2) is 9.78 Å². The molecule has 25 heavy (non-hydrogen) atoms. The maximum atomic E-state index is 11.8. The lowest BCUT2D eigenvalue weighted by molar-refractivity contribution is -0.131. The fraction of sp³-hybridized carbons (Fsp3) is 0.625. The van der Waals surface area contributed by atoms with Crippen LogP contribution in [0.5, 0.6) is 0 Å². The fourth-order valence-corrected chi connectivity index (χ4v) is 3.30. The number of ether oxygens (including phenoxy) is 2. The molecule has 0 radical (unpaired) electrons. The van der Waals surface area contributed by atoms with Gasteiger partial charge < -0.3 is 19.7 Å². The molecule has 1 N–H and O–H groups in total. The predicted molar refractivity (Wildman–Crippen MR) is 101 cm³/mol. The summed E-state index contributed by atoms with van der Waals surface area (Å²) in [4.78, 5) is 29.4. The molecule has 0 unspecified atom stereocenters. The molecule has 0 fully saturated rings. The van der Waals surface area contributed by atoms with Gasteiger partial charge in [-0.15, -0.1) is 11.3 Å². The number of carbonyl (C=O) groups excluding carboxylic acids is 2. The van der Waals surface area contributed by atoms with Crippen molar-refractivity contribution in [1.82, 2.24) is 15.2 Å². The van der Waals surface area contributed by atoms with Gasteiger partial charge in [0.25, 0.3) is 5.17 Å². The van der Waals surface area contributed by atoms with Gasteiger partial charge >= 0.3 is 5.97 Å². The van der Waals surface area contributed by atoms with Gasteiger partial charge in [-0.1, -0.05) is 13.8 Å². The van der Waals surface area contributed by atoms with Crippen molar-refractivity contribution in [3.8, 4) is 0 Å². The summed E-state index contributed by atoms with van der Waals surface area (Å²) in [6.07, 6.45) is 0.0292. The van der Waals surface area contributed by atoms with E-state index in [0.717, 1.165) is 0 Å². The largest absolute Gasteiger partial charge is 0.464 e.